The molecule has 1 fully saturated rings. The molecule has 7 nitrogen and oxygen atoms in total. The summed E-state index contributed by atoms with van der Waals surface area (Å²) in [5.74, 6) is 2.21. The predicted octanol–water partition coefficient (Wildman–Crippen LogP) is 0.0275. The van der Waals surface area contributed by atoms with Crippen LogP contribution in [0.2, 0.25) is 0 Å². The Kier molecular flexibility index (Phi) is 3.71. The van der Waals surface area contributed by atoms with Gasteiger partial charge in [0.25, 0.3) is 0 Å². The molecule has 0 bridgehead atoms. The number of hydrogen-bond donors (Lipinski definition) is 2. The molecular weight excluding hydrogens is 270 g/mol. The van der Waals surface area contributed by atoms with E-state index < -0.39 is 6.10 Å². The third kappa shape index (κ3) is 2.55. The lowest BCUT2D eigenvalue weighted by molar-refractivity contribution is -0.135. The SMILES string of the molecule is CC(C)c1nnc2n1[C@@H](C)CN(C(=O)[C@@H]1C[C@@H](O)CN1)C2. The lowest BCUT2D eigenvalue weighted by Crippen LogP contribution is -2.48. The van der Waals surface area contributed by atoms with E-state index in [4.69, 9.17) is 0 Å². The molecule has 0 radical (unpaired) electrons. The molecule has 2 aliphatic rings. The number of aliphatic hydroxyl groups is 1. The standard InChI is InChI=1S/C14H23N5O2/c1-8(2)13-17-16-12-7-18(6-9(3)19(12)13)14(21)11-4-10(20)5-15-11/h8-11,15,20H,4-7H2,1-3H3/t9-,10+,11-/m0/s1. The number of carbonyl (C=O) groups excluding carboxylic acids is 1. The van der Waals surface area contributed by atoms with E-state index in [1.165, 1.54) is 0 Å². The van der Waals surface area contributed by atoms with Crippen molar-refractivity contribution < 1.29 is 9.90 Å². The molecule has 116 valence electrons. The van der Waals surface area contributed by atoms with E-state index in [9.17, 15) is 9.90 Å². The van der Waals surface area contributed by atoms with E-state index in [1.54, 1.807) is 0 Å². The van der Waals surface area contributed by atoms with Crippen molar-refractivity contribution in [3.05, 3.63) is 11.6 Å². The molecule has 1 aromatic heterocycles. The summed E-state index contributed by atoms with van der Waals surface area (Å²) in [6.45, 7) is 7.95. The minimum atomic E-state index is -0.419. The maximum absolute atomic E-state index is 12.5. The van der Waals surface area contributed by atoms with Gasteiger partial charge in [-0.25, -0.2) is 0 Å². The normalized spacial score (nSPS) is 29.0. The van der Waals surface area contributed by atoms with Crippen molar-refractivity contribution >= 4 is 5.91 Å². The summed E-state index contributed by atoms with van der Waals surface area (Å²) in [6, 6.07) is -0.0948. The smallest absolute Gasteiger partial charge is 0.240 e. The molecule has 0 saturated carbocycles. The summed E-state index contributed by atoms with van der Waals surface area (Å²) in [5, 5.41) is 21.2. The Morgan fingerprint density at radius 1 is 1.43 bits per heavy atom. The number of aromatic nitrogens is 3. The first-order valence-corrected chi connectivity index (χ1v) is 7.61. The van der Waals surface area contributed by atoms with Crippen LogP contribution in [0.5, 0.6) is 0 Å². The second-order valence-corrected chi connectivity index (χ2v) is 6.42. The molecule has 3 heterocycles. The molecule has 2 N–H and O–H groups in total. The monoisotopic (exact) mass is 293 g/mol. The molecule has 7 heteroatoms. The Morgan fingerprint density at radius 3 is 2.81 bits per heavy atom. The van der Waals surface area contributed by atoms with Gasteiger partial charge in [-0.05, 0) is 13.3 Å². The third-order valence-corrected chi connectivity index (χ3v) is 4.28. The Morgan fingerprint density at radius 2 is 2.19 bits per heavy atom. The van der Waals surface area contributed by atoms with Crippen molar-refractivity contribution in [1.82, 2.24) is 25.0 Å². The Hall–Kier alpha value is -1.47. The van der Waals surface area contributed by atoms with Gasteiger partial charge in [-0.3, -0.25) is 4.79 Å². The quantitative estimate of drug-likeness (QED) is 0.803. The van der Waals surface area contributed by atoms with Crippen LogP contribution in [0, 0.1) is 0 Å². The number of hydrogen-bond acceptors (Lipinski definition) is 5. The molecule has 0 spiro atoms. The van der Waals surface area contributed by atoms with Gasteiger partial charge < -0.3 is 19.9 Å². The average Bonchev–Trinajstić information content (AvgIpc) is 3.04. The van der Waals surface area contributed by atoms with Crippen LogP contribution in [0.15, 0.2) is 0 Å². The number of carbonyl (C=O) groups is 1. The molecule has 1 amide bonds. The van der Waals surface area contributed by atoms with Crippen LogP contribution < -0.4 is 5.32 Å². The van der Waals surface area contributed by atoms with Gasteiger partial charge in [0.1, 0.15) is 5.82 Å². The fourth-order valence-corrected chi connectivity index (χ4v) is 3.25. The fourth-order valence-electron chi connectivity index (χ4n) is 3.25. The zero-order chi connectivity index (χ0) is 15.1. The number of amides is 1. The van der Waals surface area contributed by atoms with Crippen LogP contribution in [-0.4, -0.2) is 55.9 Å². The van der Waals surface area contributed by atoms with E-state index in [0.29, 0.717) is 32.0 Å². The van der Waals surface area contributed by atoms with Crippen LogP contribution in [-0.2, 0) is 11.3 Å². The van der Waals surface area contributed by atoms with Crippen molar-refractivity contribution in [3.63, 3.8) is 0 Å². The molecule has 1 saturated heterocycles. The number of β-amino-alcohol motifs (C(OH)–C–C–N with tert-alkyl or cyclic N) is 1. The first-order chi connectivity index (χ1) is 9.97. The maximum Gasteiger partial charge on any atom is 0.240 e. The summed E-state index contributed by atoms with van der Waals surface area (Å²) in [7, 11) is 0. The van der Waals surface area contributed by atoms with Crippen molar-refractivity contribution in [2.75, 3.05) is 13.1 Å². The van der Waals surface area contributed by atoms with Crippen molar-refractivity contribution in [1.29, 1.82) is 0 Å². The average molecular weight is 293 g/mol. The minimum absolute atomic E-state index is 0.0544. The van der Waals surface area contributed by atoms with Gasteiger partial charge in [0.15, 0.2) is 5.82 Å². The van der Waals surface area contributed by atoms with Gasteiger partial charge in [-0.1, -0.05) is 13.8 Å². The zero-order valence-corrected chi connectivity index (χ0v) is 12.8. The summed E-state index contributed by atoms with van der Waals surface area (Å²) >= 11 is 0. The maximum atomic E-state index is 12.5. The van der Waals surface area contributed by atoms with Crippen LogP contribution in [0.3, 0.4) is 0 Å². The second kappa shape index (κ2) is 5.38. The fraction of sp³-hybridized carbons (Fsp3) is 0.786. The first-order valence-electron chi connectivity index (χ1n) is 7.61. The van der Waals surface area contributed by atoms with Gasteiger partial charge in [0.2, 0.25) is 5.91 Å². The number of aliphatic hydroxyl groups excluding tert-OH is 1. The summed E-state index contributed by atoms with van der Waals surface area (Å²) < 4.78 is 2.16. The van der Waals surface area contributed by atoms with E-state index >= 15 is 0 Å². The van der Waals surface area contributed by atoms with Gasteiger partial charge in [-0.2, -0.15) is 0 Å². The topological polar surface area (TPSA) is 83.3 Å². The Bertz CT molecular complexity index is 541. The van der Waals surface area contributed by atoms with E-state index in [1.807, 2.05) is 4.90 Å². The highest BCUT2D eigenvalue weighted by Crippen LogP contribution is 2.26. The van der Waals surface area contributed by atoms with E-state index in [2.05, 4.69) is 40.9 Å². The molecule has 3 rings (SSSR count). The third-order valence-electron chi connectivity index (χ3n) is 4.28. The minimum Gasteiger partial charge on any atom is -0.392 e. The van der Waals surface area contributed by atoms with Gasteiger partial charge in [0.05, 0.1) is 24.7 Å². The molecular formula is C14H23N5O2. The van der Waals surface area contributed by atoms with Crippen LogP contribution in [0.1, 0.15) is 50.8 Å². The second-order valence-electron chi connectivity index (χ2n) is 6.42. The molecule has 0 unspecified atom stereocenters. The highest BCUT2D eigenvalue weighted by molar-refractivity contribution is 5.82. The largest absolute Gasteiger partial charge is 0.392 e. The number of rotatable bonds is 2. The predicted molar refractivity (Wildman–Crippen MR) is 76.7 cm³/mol. The van der Waals surface area contributed by atoms with Gasteiger partial charge in [0, 0.05) is 19.0 Å². The molecule has 3 atom stereocenters. The Balaban J connectivity index is 1.78. The summed E-state index contributed by atoms with van der Waals surface area (Å²) in [5.41, 5.74) is 0. The van der Waals surface area contributed by atoms with E-state index in [0.717, 1.165) is 11.6 Å². The number of nitrogens with zero attached hydrogens (tertiary/aromatic N) is 4. The molecule has 0 aromatic carbocycles. The Labute approximate surface area is 124 Å². The lowest BCUT2D eigenvalue weighted by atomic mass is 10.1. The van der Waals surface area contributed by atoms with Crippen LogP contribution >= 0.6 is 0 Å². The van der Waals surface area contributed by atoms with Crippen LogP contribution in [0.4, 0.5) is 0 Å². The number of fused-ring (bicyclic) bond motifs is 1. The highest BCUT2D eigenvalue weighted by atomic mass is 16.3. The first kappa shape index (κ1) is 14.5. The highest BCUT2D eigenvalue weighted by Gasteiger charge is 2.35. The van der Waals surface area contributed by atoms with Gasteiger partial charge in [-0.15, -0.1) is 10.2 Å². The van der Waals surface area contributed by atoms with E-state index in [-0.39, 0.29) is 18.0 Å². The molecule has 21 heavy (non-hydrogen) atoms. The molecule has 2 aliphatic heterocycles. The molecule has 0 aliphatic carbocycles. The van der Waals surface area contributed by atoms with Crippen molar-refractivity contribution in [2.24, 2.45) is 0 Å². The summed E-state index contributed by atoms with van der Waals surface area (Å²) in [4.78, 5) is 14.4. The van der Waals surface area contributed by atoms with Crippen molar-refractivity contribution in [2.45, 2.75) is 57.8 Å². The van der Waals surface area contributed by atoms with Crippen molar-refractivity contribution in [3.8, 4) is 0 Å². The molecule has 1 aromatic rings. The van der Waals surface area contributed by atoms with Crippen LogP contribution in [0.25, 0.3) is 0 Å². The number of nitrogens with one attached hydrogen (secondary N) is 1. The zero-order valence-electron chi connectivity index (χ0n) is 12.8. The van der Waals surface area contributed by atoms with Gasteiger partial charge >= 0.3 is 0 Å². The summed E-state index contributed by atoms with van der Waals surface area (Å²) in [6.07, 6.45) is 0.0746. The lowest BCUT2D eigenvalue weighted by Gasteiger charge is -2.34.